The first-order valence-electron chi connectivity index (χ1n) is 9.41. The number of benzene rings is 3. The minimum absolute atomic E-state index is 0.00743. The molecule has 0 unspecified atom stereocenters. The van der Waals surface area contributed by atoms with Gasteiger partial charge in [0.2, 0.25) is 0 Å². The van der Waals surface area contributed by atoms with Gasteiger partial charge >= 0.3 is 0 Å². The van der Waals surface area contributed by atoms with Crippen LogP contribution in [0, 0.1) is 10.1 Å². The summed E-state index contributed by atoms with van der Waals surface area (Å²) in [5, 5.41) is 14.3. The number of carbonyl (C=O) groups is 1. The van der Waals surface area contributed by atoms with Crippen LogP contribution in [0.1, 0.15) is 10.4 Å². The van der Waals surface area contributed by atoms with Crippen LogP contribution in [-0.2, 0) is 0 Å². The van der Waals surface area contributed by atoms with Crippen molar-refractivity contribution >= 4 is 44.0 Å². The van der Waals surface area contributed by atoms with Crippen LogP contribution >= 0.6 is 27.3 Å². The van der Waals surface area contributed by atoms with Gasteiger partial charge in [-0.3, -0.25) is 20.2 Å². The molecule has 0 fully saturated rings. The number of hydrogen-bond acceptors (Lipinski definition) is 6. The van der Waals surface area contributed by atoms with E-state index in [0.29, 0.717) is 22.1 Å². The van der Waals surface area contributed by atoms with Gasteiger partial charge in [0.05, 0.1) is 22.6 Å². The van der Waals surface area contributed by atoms with Crippen molar-refractivity contribution in [3.05, 3.63) is 92.9 Å². The molecule has 32 heavy (non-hydrogen) atoms. The number of amides is 1. The normalized spacial score (nSPS) is 10.6. The third-order valence-electron chi connectivity index (χ3n) is 4.66. The average Bonchev–Trinajstić information content (AvgIpc) is 3.23. The number of ether oxygens (including phenoxy) is 1. The molecule has 7 nitrogen and oxygen atoms in total. The molecule has 160 valence electrons. The van der Waals surface area contributed by atoms with Crippen LogP contribution in [0.5, 0.6) is 5.75 Å². The number of methoxy groups -OCH3 is 1. The first kappa shape index (κ1) is 21.7. The molecule has 3 aromatic carbocycles. The predicted molar refractivity (Wildman–Crippen MR) is 128 cm³/mol. The third-order valence-corrected chi connectivity index (χ3v) is 6.21. The van der Waals surface area contributed by atoms with E-state index in [9.17, 15) is 14.9 Å². The van der Waals surface area contributed by atoms with E-state index in [2.05, 4.69) is 26.2 Å². The van der Waals surface area contributed by atoms with Crippen molar-refractivity contribution in [2.75, 3.05) is 12.4 Å². The lowest BCUT2D eigenvalue weighted by Crippen LogP contribution is -2.11. The van der Waals surface area contributed by atoms with E-state index in [1.54, 1.807) is 43.5 Å². The Morgan fingerprint density at radius 1 is 1.00 bits per heavy atom. The summed E-state index contributed by atoms with van der Waals surface area (Å²) in [6, 6.07) is 20.7. The van der Waals surface area contributed by atoms with Crippen LogP contribution < -0.4 is 10.1 Å². The maximum Gasteiger partial charge on any atom is 0.269 e. The number of rotatable bonds is 6. The van der Waals surface area contributed by atoms with Crippen LogP contribution in [0.4, 0.5) is 10.8 Å². The van der Waals surface area contributed by atoms with E-state index >= 15 is 0 Å². The summed E-state index contributed by atoms with van der Waals surface area (Å²) in [6.07, 6.45) is 0. The van der Waals surface area contributed by atoms with Gasteiger partial charge in [-0.2, -0.15) is 0 Å². The minimum Gasteiger partial charge on any atom is -0.497 e. The van der Waals surface area contributed by atoms with Crippen molar-refractivity contribution in [2.24, 2.45) is 0 Å². The number of halogens is 1. The first-order valence-corrected chi connectivity index (χ1v) is 11.0. The molecule has 0 bridgehead atoms. The molecule has 0 spiro atoms. The lowest BCUT2D eigenvalue weighted by atomic mass is 10.1. The number of thiazole rings is 1. The van der Waals surface area contributed by atoms with E-state index in [4.69, 9.17) is 4.74 Å². The van der Waals surface area contributed by atoms with Crippen LogP contribution in [0.25, 0.3) is 21.7 Å². The number of hydrogen-bond donors (Lipinski definition) is 1. The molecule has 0 saturated heterocycles. The van der Waals surface area contributed by atoms with Crippen molar-refractivity contribution in [1.82, 2.24) is 4.98 Å². The third kappa shape index (κ3) is 4.68. The molecule has 1 amide bonds. The van der Waals surface area contributed by atoms with Crippen LogP contribution in [0.2, 0.25) is 0 Å². The molecule has 0 aliphatic carbocycles. The molecule has 0 atom stereocenters. The Labute approximate surface area is 196 Å². The van der Waals surface area contributed by atoms with Gasteiger partial charge in [0.25, 0.3) is 11.6 Å². The Kier molecular flexibility index (Phi) is 6.29. The number of nitro benzene ring substituents is 1. The molecular formula is C23H16BrN3O4S. The molecule has 0 aliphatic rings. The summed E-state index contributed by atoms with van der Waals surface area (Å²) < 4.78 is 6.11. The van der Waals surface area contributed by atoms with Gasteiger partial charge in [-0.1, -0.05) is 27.3 Å². The predicted octanol–water partition coefficient (Wildman–Crippen LogP) is 6.41. The maximum absolute atomic E-state index is 12.7. The Morgan fingerprint density at radius 3 is 2.22 bits per heavy atom. The monoisotopic (exact) mass is 509 g/mol. The van der Waals surface area contributed by atoms with Gasteiger partial charge in [-0.25, -0.2) is 4.98 Å². The van der Waals surface area contributed by atoms with Gasteiger partial charge in [0.1, 0.15) is 5.75 Å². The zero-order valence-corrected chi connectivity index (χ0v) is 19.1. The number of aromatic nitrogens is 1. The van der Waals surface area contributed by atoms with Gasteiger partial charge in [-0.15, -0.1) is 0 Å². The standard InChI is InChI=1S/C23H16BrN3O4S/c1-31-19-12-6-14(7-13-19)20-21(15-4-10-18(11-5-15)27(29)30)32-23(25-20)26-22(28)16-2-8-17(24)9-3-16/h2-13H,1H3,(H,25,26,28). The van der Waals surface area contributed by atoms with Crippen molar-refractivity contribution in [1.29, 1.82) is 0 Å². The van der Waals surface area contributed by atoms with E-state index in [-0.39, 0.29) is 11.6 Å². The quantitative estimate of drug-likeness (QED) is 0.239. The second kappa shape index (κ2) is 9.29. The van der Waals surface area contributed by atoms with Crippen molar-refractivity contribution in [3.63, 3.8) is 0 Å². The second-order valence-electron chi connectivity index (χ2n) is 6.69. The Hall–Kier alpha value is -3.56. The first-order chi connectivity index (χ1) is 15.4. The fraction of sp³-hybridized carbons (Fsp3) is 0.0435. The number of non-ortho nitro benzene ring substituents is 1. The summed E-state index contributed by atoms with van der Waals surface area (Å²) in [7, 11) is 1.59. The molecule has 0 radical (unpaired) electrons. The van der Waals surface area contributed by atoms with Crippen LogP contribution in [0.3, 0.4) is 0 Å². The number of carbonyl (C=O) groups excluding carboxylic acids is 1. The molecule has 9 heteroatoms. The lowest BCUT2D eigenvalue weighted by Gasteiger charge is -2.04. The number of anilines is 1. The number of nitrogens with zero attached hydrogens (tertiary/aromatic N) is 2. The fourth-order valence-electron chi connectivity index (χ4n) is 3.02. The zero-order chi connectivity index (χ0) is 22.7. The summed E-state index contributed by atoms with van der Waals surface area (Å²) >= 11 is 4.66. The highest BCUT2D eigenvalue weighted by molar-refractivity contribution is 9.10. The van der Waals surface area contributed by atoms with Crippen LogP contribution in [-0.4, -0.2) is 22.9 Å². The van der Waals surface area contributed by atoms with Gasteiger partial charge in [-0.05, 0) is 66.2 Å². The summed E-state index contributed by atoms with van der Waals surface area (Å²) in [5.74, 6) is 0.437. The smallest absolute Gasteiger partial charge is 0.269 e. The molecule has 1 N–H and O–H groups in total. The van der Waals surface area contributed by atoms with Gasteiger partial charge in [0, 0.05) is 27.7 Å². The lowest BCUT2D eigenvalue weighted by molar-refractivity contribution is -0.384. The zero-order valence-electron chi connectivity index (χ0n) is 16.7. The SMILES string of the molecule is COc1ccc(-c2nc(NC(=O)c3ccc(Br)cc3)sc2-c2ccc([N+](=O)[O-])cc2)cc1. The van der Waals surface area contributed by atoms with E-state index in [1.807, 2.05) is 24.3 Å². The Balaban J connectivity index is 1.72. The van der Waals surface area contributed by atoms with Crippen molar-refractivity contribution < 1.29 is 14.5 Å². The van der Waals surface area contributed by atoms with Crippen molar-refractivity contribution in [2.45, 2.75) is 0 Å². The average molecular weight is 510 g/mol. The molecule has 0 saturated carbocycles. The summed E-state index contributed by atoms with van der Waals surface area (Å²) in [6.45, 7) is 0. The van der Waals surface area contributed by atoms with E-state index in [0.717, 1.165) is 20.5 Å². The summed E-state index contributed by atoms with van der Waals surface area (Å²) in [4.78, 5) is 28.7. The molecule has 4 rings (SSSR count). The highest BCUT2D eigenvalue weighted by Crippen LogP contribution is 2.40. The molecule has 1 aromatic heterocycles. The Morgan fingerprint density at radius 2 is 1.62 bits per heavy atom. The highest BCUT2D eigenvalue weighted by atomic mass is 79.9. The van der Waals surface area contributed by atoms with Crippen LogP contribution in [0.15, 0.2) is 77.3 Å². The van der Waals surface area contributed by atoms with Gasteiger partial charge in [0.15, 0.2) is 5.13 Å². The van der Waals surface area contributed by atoms with Gasteiger partial charge < -0.3 is 4.74 Å². The minimum atomic E-state index is -0.440. The molecule has 0 aliphatic heterocycles. The van der Waals surface area contributed by atoms with Crippen molar-refractivity contribution in [3.8, 4) is 27.4 Å². The number of nitro groups is 1. The molecule has 1 heterocycles. The number of nitrogens with one attached hydrogen (secondary N) is 1. The topological polar surface area (TPSA) is 94.4 Å². The van der Waals surface area contributed by atoms with E-state index < -0.39 is 4.92 Å². The Bertz CT molecular complexity index is 1270. The second-order valence-corrected chi connectivity index (χ2v) is 8.60. The largest absolute Gasteiger partial charge is 0.497 e. The molecule has 4 aromatic rings. The fourth-order valence-corrected chi connectivity index (χ4v) is 4.27. The summed E-state index contributed by atoms with van der Waals surface area (Å²) in [5.41, 5.74) is 2.78. The van der Waals surface area contributed by atoms with E-state index in [1.165, 1.54) is 23.5 Å². The molecular weight excluding hydrogens is 494 g/mol. The maximum atomic E-state index is 12.7. The highest BCUT2D eigenvalue weighted by Gasteiger charge is 2.18.